The van der Waals surface area contributed by atoms with Crippen molar-refractivity contribution < 1.29 is 4.79 Å². The van der Waals surface area contributed by atoms with E-state index in [0.29, 0.717) is 21.3 Å². The number of hydrogen-bond donors (Lipinski definition) is 1. The van der Waals surface area contributed by atoms with Gasteiger partial charge in [0, 0.05) is 26.7 Å². The highest BCUT2D eigenvalue weighted by molar-refractivity contribution is 8.00. The largest absolute Gasteiger partial charge is 0.325 e. The molecule has 0 radical (unpaired) electrons. The summed E-state index contributed by atoms with van der Waals surface area (Å²) in [5.41, 5.74) is 6.57. The van der Waals surface area contributed by atoms with Gasteiger partial charge in [0.2, 0.25) is 5.91 Å². The van der Waals surface area contributed by atoms with Crippen LogP contribution in [0.25, 0.3) is 21.7 Å². The Kier molecular flexibility index (Phi) is 6.19. The SMILES string of the molecule is N#Cc1c(SCC(=O)Nc2ccc(Cl)cc2)nc2c(c1-c1cccs1)CCc1ccccc1-2. The molecule has 2 aromatic carbocycles. The summed E-state index contributed by atoms with van der Waals surface area (Å²) in [6.45, 7) is 0. The number of pyridine rings is 1. The lowest BCUT2D eigenvalue weighted by atomic mass is 9.85. The zero-order valence-corrected chi connectivity index (χ0v) is 19.9. The molecule has 4 nitrogen and oxygen atoms in total. The van der Waals surface area contributed by atoms with Crippen LogP contribution in [0.3, 0.4) is 0 Å². The number of hydrogen-bond acceptors (Lipinski definition) is 5. The van der Waals surface area contributed by atoms with Gasteiger partial charge in [0.15, 0.2) is 0 Å². The Labute approximate surface area is 205 Å². The summed E-state index contributed by atoms with van der Waals surface area (Å²) in [5.74, 6) is -0.0157. The Balaban J connectivity index is 1.52. The Morgan fingerprint density at radius 1 is 1.12 bits per heavy atom. The van der Waals surface area contributed by atoms with Crippen molar-refractivity contribution in [3.05, 3.63) is 87.8 Å². The molecule has 0 saturated heterocycles. The number of amides is 1. The molecule has 1 amide bonds. The molecule has 2 aromatic heterocycles. The highest BCUT2D eigenvalue weighted by Gasteiger charge is 2.26. The van der Waals surface area contributed by atoms with Crippen LogP contribution in [0.2, 0.25) is 5.02 Å². The lowest BCUT2D eigenvalue weighted by Crippen LogP contribution is -2.15. The Morgan fingerprint density at radius 2 is 1.94 bits per heavy atom. The summed E-state index contributed by atoms with van der Waals surface area (Å²) in [6, 6.07) is 21.7. The van der Waals surface area contributed by atoms with Crippen LogP contribution in [0.4, 0.5) is 5.69 Å². The molecule has 1 N–H and O–H groups in total. The minimum atomic E-state index is -0.163. The van der Waals surface area contributed by atoms with Gasteiger partial charge in [-0.05, 0) is 59.7 Å². The fourth-order valence-electron chi connectivity index (χ4n) is 4.06. The normalized spacial score (nSPS) is 11.9. The van der Waals surface area contributed by atoms with E-state index in [1.165, 1.54) is 17.3 Å². The first-order chi connectivity index (χ1) is 16.1. The molecule has 7 heteroatoms. The molecule has 2 heterocycles. The number of fused-ring (bicyclic) bond motifs is 3. The lowest BCUT2D eigenvalue weighted by molar-refractivity contribution is -0.113. The lowest BCUT2D eigenvalue weighted by Gasteiger charge is -2.23. The van der Waals surface area contributed by atoms with Gasteiger partial charge in [-0.1, -0.05) is 53.7 Å². The van der Waals surface area contributed by atoms with Gasteiger partial charge in [-0.15, -0.1) is 11.3 Å². The third-order valence-electron chi connectivity index (χ3n) is 5.53. The van der Waals surface area contributed by atoms with E-state index in [1.54, 1.807) is 35.6 Å². The molecule has 0 spiro atoms. The number of nitrogens with one attached hydrogen (secondary N) is 1. The van der Waals surface area contributed by atoms with Crippen LogP contribution in [0.5, 0.6) is 0 Å². The second-order valence-electron chi connectivity index (χ2n) is 7.58. The minimum absolute atomic E-state index is 0.147. The molecular formula is C26H18ClN3OS2. The molecule has 4 aromatic rings. The zero-order valence-electron chi connectivity index (χ0n) is 17.5. The number of aryl methyl sites for hydroxylation is 1. The number of nitrogens with zero attached hydrogens (tertiary/aromatic N) is 2. The van der Waals surface area contributed by atoms with Crippen LogP contribution in [0.15, 0.2) is 71.1 Å². The fourth-order valence-corrected chi connectivity index (χ4v) is 5.78. The van der Waals surface area contributed by atoms with Crippen molar-refractivity contribution >= 4 is 46.3 Å². The minimum Gasteiger partial charge on any atom is -0.325 e. The molecule has 33 heavy (non-hydrogen) atoms. The van der Waals surface area contributed by atoms with Crippen LogP contribution >= 0.6 is 34.7 Å². The second kappa shape index (κ2) is 9.40. The maximum atomic E-state index is 12.6. The molecule has 0 bridgehead atoms. The van der Waals surface area contributed by atoms with Gasteiger partial charge in [-0.2, -0.15) is 5.26 Å². The average molecular weight is 488 g/mol. The number of thioether (sulfide) groups is 1. The summed E-state index contributed by atoms with van der Waals surface area (Å²) in [4.78, 5) is 18.6. The third-order valence-corrected chi connectivity index (χ3v) is 7.64. The van der Waals surface area contributed by atoms with E-state index in [-0.39, 0.29) is 11.7 Å². The molecule has 0 unspecified atom stereocenters. The van der Waals surface area contributed by atoms with E-state index in [1.807, 2.05) is 29.6 Å². The smallest absolute Gasteiger partial charge is 0.234 e. The van der Waals surface area contributed by atoms with Crippen molar-refractivity contribution in [1.82, 2.24) is 4.98 Å². The standard InChI is InChI=1S/C26H18ClN3OS2/c27-17-8-10-18(11-9-17)29-23(31)15-33-26-21(14-28)24(22-6-3-13-32-22)20-12-7-16-4-1-2-5-19(16)25(20)30-26/h1-6,8-11,13H,7,12,15H2,(H,29,31). The number of nitriles is 1. The van der Waals surface area contributed by atoms with Crippen molar-refractivity contribution in [2.75, 3.05) is 11.1 Å². The number of thiophene rings is 1. The molecule has 0 aliphatic heterocycles. The predicted octanol–water partition coefficient (Wildman–Crippen LogP) is 6.83. The number of anilines is 1. The summed E-state index contributed by atoms with van der Waals surface area (Å²) in [6.07, 6.45) is 1.76. The van der Waals surface area contributed by atoms with Crippen molar-refractivity contribution in [2.45, 2.75) is 17.9 Å². The number of carbonyl (C=O) groups excluding carboxylic acids is 1. The molecule has 162 valence electrons. The Morgan fingerprint density at radius 3 is 2.70 bits per heavy atom. The first-order valence-electron chi connectivity index (χ1n) is 10.4. The van der Waals surface area contributed by atoms with Crippen molar-refractivity contribution in [1.29, 1.82) is 5.26 Å². The Bertz CT molecular complexity index is 1380. The van der Waals surface area contributed by atoms with Gasteiger partial charge < -0.3 is 5.32 Å². The predicted molar refractivity (Wildman–Crippen MR) is 136 cm³/mol. The van der Waals surface area contributed by atoms with E-state index in [0.717, 1.165) is 40.1 Å². The van der Waals surface area contributed by atoms with Gasteiger partial charge in [-0.3, -0.25) is 4.79 Å². The molecule has 1 aliphatic rings. The van der Waals surface area contributed by atoms with Crippen LogP contribution in [0.1, 0.15) is 16.7 Å². The Hall–Kier alpha value is -3.11. The van der Waals surface area contributed by atoms with E-state index in [2.05, 4.69) is 23.5 Å². The monoisotopic (exact) mass is 487 g/mol. The second-order valence-corrected chi connectivity index (χ2v) is 9.93. The highest BCUT2D eigenvalue weighted by Crippen LogP contribution is 2.43. The first-order valence-corrected chi connectivity index (χ1v) is 12.7. The maximum Gasteiger partial charge on any atom is 0.234 e. The number of halogens is 1. The summed E-state index contributed by atoms with van der Waals surface area (Å²) in [7, 11) is 0. The molecule has 0 atom stereocenters. The van der Waals surface area contributed by atoms with Crippen molar-refractivity contribution in [3.8, 4) is 27.8 Å². The van der Waals surface area contributed by atoms with Gasteiger partial charge in [-0.25, -0.2) is 4.98 Å². The molecule has 0 saturated carbocycles. The number of rotatable bonds is 5. The van der Waals surface area contributed by atoms with Gasteiger partial charge in [0.1, 0.15) is 11.1 Å². The van der Waals surface area contributed by atoms with E-state index >= 15 is 0 Å². The highest BCUT2D eigenvalue weighted by atomic mass is 35.5. The maximum absolute atomic E-state index is 12.6. The van der Waals surface area contributed by atoms with E-state index in [4.69, 9.17) is 16.6 Å². The average Bonchev–Trinajstić information content (AvgIpc) is 3.37. The topological polar surface area (TPSA) is 65.8 Å². The number of aromatic nitrogens is 1. The van der Waals surface area contributed by atoms with Crippen LogP contribution in [-0.2, 0) is 17.6 Å². The van der Waals surface area contributed by atoms with Gasteiger partial charge in [0.05, 0.1) is 17.0 Å². The molecule has 1 aliphatic carbocycles. The van der Waals surface area contributed by atoms with Crippen LogP contribution in [0, 0.1) is 11.3 Å². The molecular weight excluding hydrogens is 470 g/mol. The zero-order chi connectivity index (χ0) is 22.8. The number of carbonyl (C=O) groups is 1. The summed E-state index contributed by atoms with van der Waals surface area (Å²) >= 11 is 8.83. The molecule has 0 fully saturated rings. The van der Waals surface area contributed by atoms with Crippen molar-refractivity contribution in [2.24, 2.45) is 0 Å². The van der Waals surface area contributed by atoms with E-state index in [9.17, 15) is 10.1 Å². The quantitative estimate of drug-likeness (QED) is 0.313. The summed E-state index contributed by atoms with van der Waals surface area (Å²) < 4.78 is 0. The van der Waals surface area contributed by atoms with E-state index < -0.39 is 0 Å². The first kappa shape index (κ1) is 21.7. The molecule has 5 rings (SSSR count). The number of benzene rings is 2. The summed E-state index contributed by atoms with van der Waals surface area (Å²) in [5, 5.41) is 16.2. The third kappa shape index (κ3) is 4.40. The van der Waals surface area contributed by atoms with Crippen molar-refractivity contribution in [3.63, 3.8) is 0 Å². The van der Waals surface area contributed by atoms with Crippen LogP contribution in [-0.4, -0.2) is 16.6 Å². The van der Waals surface area contributed by atoms with Crippen LogP contribution < -0.4 is 5.32 Å². The van der Waals surface area contributed by atoms with Gasteiger partial charge in [0.25, 0.3) is 0 Å². The fraction of sp³-hybridized carbons (Fsp3) is 0.115. The van der Waals surface area contributed by atoms with Gasteiger partial charge >= 0.3 is 0 Å².